The minimum absolute atomic E-state index is 0.0187. The predicted molar refractivity (Wildman–Crippen MR) is 73.5 cm³/mol. The van der Waals surface area contributed by atoms with Crippen LogP contribution in [0.4, 0.5) is 15.8 Å². The third-order valence-corrected chi connectivity index (χ3v) is 3.04. The molecule has 0 aromatic heterocycles. The Hall–Kier alpha value is -2.15. The Morgan fingerprint density at radius 3 is 3.05 bits per heavy atom. The molecule has 6 nitrogen and oxygen atoms in total. The number of carbonyl (C=O) groups is 2. The number of nitrogen functional groups attached to an aromatic ring is 1. The van der Waals surface area contributed by atoms with E-state index in [9.17, 15) is 14.0 Å². The molecular formula is C13H17FN4O2. The van der Waals surface area contributed by atoms with E-state index >= 15 is 0 Å². The van der Waals surface area contributed by atoms with E-state index in [1.54, 1.807) is 0 Å². The number of hydrogen-bond acceptors (Lipinski definition) is 4. The van der Waals surface area contributed by atoms with Crippen molar-refractivity contribution in [2.75, 3.05) is 37.2 Å². The van der Waals surface area contributed by atoms with Crippen molar-refractivity contribution in [3.8, 4) is 0 Å². The molecule has 0 atom stereocenters. The summed E-state index contributed by atoms with van der Waals surface area (Å²) in [5.41, 5.74) is 6.00. The molecule has 0 aliphatic carbocycles. The molecule has 0 saturated carbocycles. The highest BCUT2D eigenvalue weighted by molar-refractivity contribution is 5.92. The van der Waals surface area contributed by atoms with Gasteiger partial charge in [0.15, 0.2) is 0 Å². The maximum atomic E-state index is 13.5. The van der Waals surface area contributed by atoms with Crippen molar-refractivity contribution in [2.45, 2.75) is 6.42 Å². The number of rotatable bonds is 3. The second kappa shape index (κ2) is 6.33. The SMILES string of the molecule is Nc1ccc(F)c(NC(=O)CN2CCNC(=O)CC2)c1. The summed E-state index contributed by atoms with van der Waals surface area (Å²) in [6.07, 6.45) is 0.361. The van der Waals surface area contributed by atoms with Gasteiger partial charge in [-0.3, -0.25) is 14.5 Å². The topological polar surface area (TPSA) is 87.5 Å². The molecule has 1 aliphatic heterocycles. The van der Waals surface area contributed by atoms with E-state index in [4.69, 9.17) is 5.73 Å². The summed E-state index contributed by atoms with van der Waals surface area (Å²) in [7, 11) is 0. The molecular weight excluding hydrogens is 263 g/mol. The number of amides is 2. The van der Waals surface area contributed by atoms with Crippen molar-refractivity contribution in [1.29, 1.82) is 0 Å². The van der Waals surface area contributed by atoms with Gasteiger partial charge in [0.25, 0.3) is 0 Å². The number of benzene rings is 1. The number of nitrogens with two attached hydrogens (primary N) is 1. The molecule has 1 aliphatic rings. The minimum atomic E-state index is -0.528. The van der Waals surface area contributed by atoms with Gasteiger partial charge in [0, 0.05) is 31.7 Å². The van der Waals surface area contributed by atoms with Gasteiger partial charge in [0.05, 0.1) is 12.2 Å². The summed E-state index contributed by atoms with van der Waals surface area (Å²) in [5, 5.41) is 5.21. The third kappa shape index (κ3) is 3.92. The number of nitrogens with zero attached hydrogens (tertiary/aromatic N) is 1. The molecule has 4 N–H and O–H groups in total. The lowest BCUT2D eigenvalue weighted by molar-refractivity contribution is -0.121. The van der Waals surface area contributed by atoms with E-state index in [1.165, 1.54) is 18.2 Å². The van der Waals surface area contributed by atoms with Crippen LogP contribution in [0.5, 0.6) is 0 Å². The van der Waals surface area contributed by atoms with Crippen molar-refractivity contribution in [1.82, 2.24) is 10.2 Å². The number of carbonyl (C=O) groups excluding carboxylic acids is 2. The Bertz CT molecular complexity index is 521. The van der Waals surface area contributed by atoms with E-state index in [0.717, 1.165) is 0 Å². The zero-order valence-electron chi connectivity index (χ0n) is 11.0. The maximum absolute atomic E-state index is 13.5. The number of halogens is 1. The fraction of sp³-hybridized carbons (Fsp3) is 0.385. The molecule has 1 saturated heterocycles. The maximum Gasteiger partial charge on any atom is 0.238 e. The van der Waals surface area contributed by atoms with Gasteiger partial charge in [-0.2, -0.15) is 0 Å². The predicted octanol–water partition coefficient (Wildman–Crippen LogP) is 0.168. The Labute approximate surface area is 116 Å². The van der Waals surface area contributed by atoms with Crippen molar-refractivity contribution >= 4 is 23.2 Å². The number of hydrogen-bond donors (Lipinski definition) is 3. The fourth-order valence-corrected chi connectivity index (χ4v) is 2.00. The van der Waals surface area contributed by atoms with Crippen LogP contribution in [0, 0.1) is 5.82 Å². The second-order valence-electron chi connectivity index (χ2n) is 4.66. The molecule has 2 rings (SSSR count). The highest BCUT2D eigenvalue weighted by Gasteiger charge is 2.16. The summed E-state index contributed by atoms with van der Waals surface area (Å²) in [4.78, 5) is 24.9. The summed E-state index contributed by atoms with van der Waals surface area (Å²) >= 11 is 0. The molecule has 20 heavy (non-hydrogen) atoms. The van der Waals surface area contributed by atoms with E-state index < -0.39 is 5.82 Å². The van der Waals surface area contributed by atoms with Crippen molar-refractivity contribution in [2.24, 2.45) is 0 Å². The molecule has 1 fully saturated rings. The molecule has 0 radical (unpaired) electrons. The van der Waals surface area contributed by atoms with Crippen LogP contribution < -0.4 is 16.4 Å². The van der Waals surface area contributed by atoms with Crippen molar-refractivity contribution in [3.05, 3.63) is 24.0 Å². The van der Waals surface area contributed by atoms with Gasteiger partial charge in [-0.1, -0.05) is 0 Å². The van der Waals surface area contributed by atoms with E-state index in [1.807, 2.05) is 4.90 Å². The molecule has 0 bridgehead atoms. The summed E-state index contributed by atoms with van der Waals surface area (Å²) in [6.45, 7) is 1.74. The largest absolute Gasteiger partial charge is 0.399 e. The molecule has 2 amide bonds. The summed E-state index contributed by atoms with van der Waals surface area (Å²) in [6, 6.07) is 4.01. The average Bonchev–Trinajstić information content (AvgIpc) is 2.59. The van der Waals surface area contributed by atoms with Gasteiger partial charge in [0.2, 0.25) is 11.8 Å². The fourth-order valence-electron chi connectivity index (χ4n) is 2.00. The summed E-state index contributed by atoms with van der Waals surface area (Å²) < 4.78 is 13.5. The highest BCUT2D eigenvalue weighted by atomic mass is 19.1. The standard InChI is InChI=1S/C13H17FN4O2/c14-10-2-1-9(15)7-11(10)17-13(20)8-18-5-3-12(19)16-4-6-18/h1-2,7H,3-6,8,15H2,(H,16,19)(H,17,20). The van der Waals surface area contributed by atoms with Crippen LogP contribution in [0.2, 0.25) is 0 Å². The normalized spacial score (nSPS) is 16.4. The second-order valence-corrected chi connectivity index (χ2v) is 4.66. The zero-order chi connectivity index (χ0) is 14.5. The zero-order valence-corrected chi connectivity index (χ0v) is 11.0. The molecule has 1 heterocycles. The molecule has 7 heteroatoms. The minimum Gasteiger partial charge on any atom is -0.399 e. The first-order valence-electron chi connectivity index (χ1n) is 6.38. The lowest BCUT2D eigenvalue weighted by atomic mass is 10.2. The Balaban J connectivity index is 1.91. The number of nitrogens with one attached hydrogen (secondary N) is 2. The Kier molecular flexibility index (Phi) is 4.52. The molecule has 0 spiro atoms. The average molecular weight is 280 g/mol. The third-order valence-electron chi connectivity index (χ3n) is 3.04. The molecule has 1 aromatic rings. The van der Waals surface area contributed by atoms with Crippen molar-refractivity contribution in [3.63, 3.8) is 0 Å². The molecule has 108 valence electrons. The monoisotopic (exact) mass is 280 g/mol. The number of anilines is 2. The van der Waals surface area contributed by atoms with Crippen molar-refractivity contribution < 1.29 is 14.0 Å². The first-order valence-corrected chi connectivity index (χ1v) is 6.38. The quantitative estimate of drug-likeness (QED) is 0.689. The Morgan fingerprint density at radius 2 is 2.25 bits per heavy atom. The molecule has 0 unspecified atom stereocenters. The van der Waals surface area contributed by atoms with Crippen LogP contribution in [-0.2, 0) is 9.59 Å². The lowest BCUT2D eigenvalue weighted by Crippen LogP contribution is -2.35. The van der Waals surface area contributed by atoms with Gasteiger partial charge < -0.3 is 16.4 Å². The van der Waals surface area contributed by atoms with Gasteiger partial charge >= 0.3 is 0 Å². The van der Waals surface area contributed by atoms with Crippen LogP contribution in [0.25, 0.3) is 0 Å². The first kappa shape index (κ1) is 14.3. The summed E-state index contributed by atoms with van der Waals surface area (Å²) in [5.74, 6) is -0.876. The van der Waals surface area contributed by atoms with Gasteiger partial charge in [0.1, 0.15) is 5.82 Å². The van der Waals surface area contributed by atoms with E-state index in [-0.39, 0.29) is 24.0 Å². The Morgan fingerprint density at radius 1 is 1.45 bits per heavy atom. The van der Waals surface area contributed by atoms with Crippen LogP contribution >= 0.6 is 0 Å². The van der Waals surface area contributed by atoms with E-state index in [2.05, 4.69) is 10.6 Å². The lowest BCUT2D eigenvalue weighted by Gasteiger charge is -2.18. The smallest absolute Gasteiger partial charge is 0.238 e. The molecule has 1 aromatic carbocycles. The van der Waals surface area contributed by atoms with Crippen LogP contribution in [0.15, 0.2) is 18.2 Å². The van der Waals surface area contributed by atoms with Gasteiger partial charge in [-0.15, -0.1) is 0 Å². The first-order chi connectivity index (χ1) is 9.54. The highest BCUT2D eigenvalue weighted by Crippen LogP contribution is 2.17. The van der Waals surface area contributed by atoms with Gasteiger partial charge in [-0.05, 0) is 18.2 Å². The van der Waals surface area contributed by atoms with Crippen LogP contribution in [-0.4, -0.2) is 42.9 Å². The van der Waals surface area contributed by atoms with Gasteiger partial charge in [-0.25, -0.2) is 4.39 Å². The van der Waals surface area contributed by atoms with Crippen LogP contribution in [0.3, 0.4) is 0 Å². The van der Waals surface area contributed by atoms with E-state index in [0.29, 0.717) is 31.7 Å². The van der Waals surface area contributed by atoms with Crippen LogP contribution in [0.1, 0.15) is 6.42 Å².